The molecule has 2 N–H and O–H groups in total. The highest BCUT2D eigenvalue weighted by atomic mass is 32.1. The number of carbonyl (C=O) groups excluding carboxylic acids is 1. The molecule has 1 aliphatic carbocycles. The first-order valence-corrected chi connectivity index (χ1v) is 6.37. The lowest BCUT2D eigenvalue weighted by Crippen LogP contribution is -2.33. The Morgan fingerprint density at radius 3 is 2.71 bits per heavy atom. The zero-order valence-electron chi connectivity index (χ0n) is 9.52. The van der Waals surface area contributed by atoms with Gasteiger partial charge in [-0.1, -0.05) is 6.42 Å². The molecule has 1 aliphatic rings. The summed E-state index contributed by atoms with van der Waals surface area (Å²) < 4.78 is 0. The molecule has 1 saturated carbocycles. The summed E-state index contributed by atoms with van der Waals surface area (Å²) >= 11 is 1.12. The molecule has 1 fully saturated rings. The zero-order chi connectivity index (χ0) is 12.4. The van der Waals surface area contributed by atoms with Crippen molar-refractivity contribution in [3.63, 3.8) is 0 Å². The molecule has 2 rings (SSSR count). The van der Waals surface area contributed by atoms with Crippen LogP contribution in [0.5, 0.6) is 0 Å². The normalized spacial score (nSPS) is 15.4. The molecule has 0 aromatic carbocycles. The van der Waals surface area contributed by atoms with Crippen molar-refractivity contribution in [1.82, 2.24) is 10.3 Å². The van der Waals surface area contributed by atoms with Gasteiger partial charge in [-0.3, -0.25) is 4.79 Å². The first-order valence-electron chi connectivity index (χ1n) is 5.55. The Bertz CT molecular complexity index is 452. The van der Waals surface area contributed by atoms with Crippen LogP contribution in [0.3, 0.4) is 0 Å². The van der Waals surface area contributed by atoms with E-state index in [9.17, 15) is 9.59 Å². The van der Waals surface area contributed by atoms with Crippen molar-refractivity contribution in [3.05, 3.63) is 15.6 Å². The van der Waals surface area contributed by atoms with E-state index in [0.29, 0.717) is 17.2 Å². The SMILES string of the molecule is Cc1nc(CNC(=O)C2CCC2)sc1C(=O)O. The molecule has 0 aliphatic heterocycles. The third kappa shape index (κ3) is 2.63. The number of nitrogens with one attached hydrogen (secondary N) is 1. The van der Waals surface area contributed by atoms with Gasteiger partial charge >= 0.3 is 5.97 Å². The summed E-state index contributed by atoms with van der Waals surface area (Å²) in [6.45, 7) is 1.99. The summed E-state index contributed by atoms with van der Waals surface area (Å²) in [5, 5.41) is 12.3. The lowest BCUT2D eigenvalue weighted by atomic mass is 9.85. The molecule has 92 valence electrons. The van der Waals surface area contributed by atoms with E-state index < -0.39 is 5.97 Å². The van der Waals surface area contributed by atoms with E-state index in [1.165, 1.54) is 0 Å². The van der Waals surface area contributed by atoms with E-state index >= 15 is 0 Å². The van der Waals surface area contributed by atoms with Crippen molar-refractivity contribution >= 4 is 23.2 Å². The van der Waals surface area contributed by atoms with Crippen LogP contribution in [0, 0.1) is 12.8 Å². The maximum atomic E-state index is 11.6. The predicted molar refractivity (Wildman–Crippen MR) is 63.0 cm³/mol. The monoisotopic (exact) mass is 254 g/mol. The molecule has 1 amide bonds. The number of amides is 1. The fourth-order valence-electron chi connectivity index (χ4n) is 1.70. The van der Waals surface area contributed by atoms with Gasteiger partial charge in [0.05, 0.1) is 12.2 Å². The third-order valence-corrected chi connectivity index (χ3v) is 4.07. The van der Waals surface area contributed by atoms with E-state index in [1.807, 2.05) is 0 Å². The van der Waals surface area contributed by atoms with Gasteiger partial charge in [-0.25, -0.2) is 9.78 Å². The number of rotatable bonds is 4. The molecule has 1 heterocycles. The Hall–Kier alpha value is -1.43. The van der Waals surface area contributed by atoms with Crippen LogP contribution in [0.1, 0.15) is 39.6 Å². The number of thiazole rings is 1. The quantitative estimate of drug-likeness (QED) is 0.854. The van der Waals surface area contributed by atoms with E-state index in [4.69, 9.17) is 5.11 Å². The first-order chi connectivity index (χ1) is 8.08. The minimum absolute atomic E-state index is 0.0565. The number of carboxylic acid groups (broad SMARTS) is 1. The lowest BCUT2D eigenvalue weighted by molar-refractivity contribution is -0.127. The van der Waals surface area contributed by atoms with Crippen molar-refractivity contribution in [2.45, 2.75) is 32.7 Å². The fraction of sp³-hybridized carbons (Fsp3) is 0.545. The topological polar surface area (TPSA) is 79.3 Å². The molecule has 17 heavy (non-hydrogen) atoms. The fourth-order valence-corrected chi connectivity index (χ4v) is 2.55. The van der Waals surface area contributed by atoms with Crippen molar-refractivity contribution in [2.24, 2.45) is 5.92 Å². The maximum absolute atomic E-state index is 11.6. The van der Waals surface area contributed by atoms with Gasteiger partial charge in [-0.15, -0.1) is 11.3 Å². The molecular formula is C11H14N2O3S. The van der Waals surface area contributed by atoms with Crippen molar-refractivity contribution < 1.29 is 14.7 Å². The molecule has 1 aromatic rings. The van der Waals surface area contributed by atoms with Crippen LogP contribution in [0.2, 0.25) is 0 Å². The highest BCUT2D eigenvalue weighted by molar-refractivity contribution is 7.13. The van der Waals surface area contributed by atoms with Crippen molar-refractivity contribution in [2.75, 3.05) is 0 Å². The van der Waals surface area contributed by atoms with Crippen molar-refractivity contribution in [1.29, 1.82) is 0 Å². The first kappa shape index (κ1) is 12.0. The molecule has 0 atom stereocenters. The largest absolute Gasteiger partial charge is 0.477 e. The molecule has 0 radical (unpaired) electrons. The Kier molecular flexibility index (Phi) is 3.42. The van der Waals surface area contributed by atoms with E-state index in [2.05, 4.69) is 10.3 Å². The number of aromatic carboxylic acids is 1. The zero-order valence-corrected chi connectivity index (χ0v) is 10.3. The third-order valence-electron chi connectivity index (χ3n) is 2.92. The van der Waals surface area contributed by atoms with E-state index in [0.717, 1.165) is 30.6 Å². The van der Waals surface area contributed by atoms with Crippen LogP contribution in [0.4, 0.5) is 0 Å². The summed E-state index contributed by atoms with van der Waals surface area (Å²) in [6.07, 6.45) is 3.05. The number of carboxylic acids is 1. The van der Waals surface area contributed by atoms with Crippen LogP contribution in [-0.2, 0) is 11.3 Å². The van der Waals surface area contributed by atoms with E-state index in [-0.39, 0.29) is 16.7 Å². The number of aromatic nitrogens is 1. The van der Waals surface area contributed by atoms with Gasteiger partial charge in [0.25, 0.3) is 0 Å². The van der Waals surface area contributed by atoms with Crippen LogP contribution in [0.15, 0.2) is 0 Å². The highest BCUT2D eigenvalue weighted by Gasteiger charge is 2.25. The lowest BCUT2D eigenvalue weighted by Gasteiger charge is -2.23. The van der Waals surface area contributed by atoms with Crippen molar-refractivity contribution in [3.8, 4) is 0 Å². The molecule has 0 unspecified atom stereocenters. The minimum atomic E-state index is -0.962. The Morgan fingerprint density at radius 1 is 1.53 bits per heavy atom. The Labute approximate surface area is 103 Å². The number of nitrogens with zero attached hydrogens (tertiary/aromatic N) is 1. The van der Waals surface area contributed by atoms with Gasteiger partial charge in [0.15, 0.2) is 0 Å². The molecule has 0 saturated heterocycles. The number of carbonyl (C=O) groups is 2. The molecule has 5 nitrogen and oxygen atoms in total. The standard InChI is InChI=1S/C11H14N2O3S/c1-6-9(11(15)16)17-8(13-6)5-12-10(14)7-3-2-4-7/h7H,2-5H2,1H3,(H,12,14)(H,15,16). The number of hydrogen-bond acceptors (Lipinski definition) is 4. The second-order valence-corrected chi connectivity index (χ2v) is 5.26. The summed E-state index contributed by atoms with van der Waals surface area (Å²) in [5.74, 6) is -0.757. The average molecular weight is 254 g/mol. The second kappa shape index (κ2) is 4.83. The van der Waals surface area contributed by atoms with Gasteiger partial charge in [0.1, 0.15) is 9.88 Å². The molecule has 0 spiro atoms. The van der Waals surface area contributed by atoms with Crippen LogP contribution >= 0.6 is 11.3 Å². The Morgan fingerprint density at radius 2 is 2.24 bits per heavy atom. The van der Waals surface area contributed by atoms with E-state index in [1.54, 1.807) is 6.92 Å². The average Bonchev–Trinajstić information content (AvgIpc) is 2.54. The van der Waals surface area contributed by atoms with Gasteiger partial charge < -0.3 is 10.4 Å². The molecule has 1 aromatic heterocycles. The maximum Gasteiger partial charge on any atom is 0.347 e. The number of hydrogen-bond donors (Lipinski definition) is 2. The second-order valence-electron chi connectivity index (χ2n) is 4.17. The summed E-state index contributed by atoms with van der Waals surface area (Å²) in [5.41, 5.74) is 0.510. The summed E-state index contributed by atoms with van der Waals surface area (Å²) in [7, 11) is 0. The highest BCUT2D eigenvalue weighted by Crippen LogP contribution is 2.26. The molecule has 6 heteroatoms. The van der Waals surface area contributed by atoms with Gasteiger partial charge in [0, 0.05) is 5.92 Å². The smallest absolute Gasteiger partial charge is 0.347 e. The molecule has 0 bridgehead atoms. The number of aryl methyl sites for hydroxylation is 1. The minimum Gasteiger partial charge on any atom is -0.477 e. The predicted octanol–water partition coefficient (Wildman–Crippen LogP) is 1.57. The van der Waals surface area contributed by atoms with Gasteiger partial charge in [0.2, 0.25) is 5.91 Å². The van der Waals surface area contributed by atoms with Gasteiger partial charge in [-0.05, 0) is 19.8 Å². The summed E-state index contributed by atoms with van der Waals surface area (Å²) in [4.78, 5) is 26.8. The Balaban J connectivity index is 1.92. The van der Waals surface area contributed by atoms with Crippen LogP contribution in [-0.4, -0.2) is 22.0 Å². The van der Waals surface area contributed by atoms with Gasteiger partial charge in [-0.2, -0.15) is 0 Å². The van der Waals surface area contributed by atoms with Crippen LogP contribution in [0.25, 0.3) is 0 Å². The molecular weight excluding hydrogens is 240 g/mol. The summed E-state index contributed by atoms with van der Waals surface area (Å²) in [6, 6.07) is 0. The van der Waals surface area contributed by atoms with Crippen LogP contribution < -0.4 is 5.32 Å².